The maximum Gasteiger partial charge on any atom is 0.303 e. The van der Waals surface area contributed by atoms with Crippen LogP contribution < -0.4 is 0 Å². The zero-order valence-electron chi connectivity index (χ0n) is 11.0. The molecule has 1 aromatic rings. The van der Waals surface area contributed by atoms with Gasteiger partial charge in [-0.1, -0.05) is 11.6 Å². The zero-order valence-corrected chi connectivity index (χ0v) is 12.6. The van der Waals surface area contributed by atoms with Crippen molar-refractivity contribution in [2.75, 3.05) is 13.1 Å². The van der Waals surface area contributed by atoms with Crippen molar-refractivity contribution < 1.29 is 18.3 Å². The second-order valence-corrected chi connectivity index (χ2v) is 7.15. The van der Waals surface area contributed by atoms with Gasteiger partial charge in [0.25, 0.3) is 10.0 Å². The Morgan fingerprint density at radius 2 is 2.30 bits per heavy atom. The minimum absolute atomic E-state index is 0.0227. The molecule has 0 amide bonds. The summed E-state index contributed by atoms with van der Waals surface area (Å²) in [6, 6.07) is 0. The summed E-state index contributed by atoms with van der Waals surface area (Å²) in [7, 11) is -2.23. The van der Waals surface area contributed by atoms with Crippen LogP contribution in [0.1, 0.15) is 19.3 Å². The fourth-order valence-corrected chi connectivity index (χ4v) is 4.63. The van der Waals surface area contributed by atoms with E-state index < -0.39 is 16.0 Å². The third-order valence-corrected chi connectivity index (χ3v) is 5.74. The van der Waals surface area contributed by atoms with E-state index in [1.54, 1.807) is 0 Å². The molecule has 0 spiro atoms. The molecule has 0 aromatic carbocycles. The van der Waals surface area contributed by atoms with Gasteiger partial charge in [0.1, 0.15) is 0 Å². The average Bonchev–Trinajstić information content (AvgIpc) is 2.69. The van der Waals surface area contributed by atoms with E-state index in [2.05, 4.69) is 5.10 Å². The maximum atomic E-state index is 12.6. The molecule has 0 saturated carbocycles. The molecule has 7 nitrogen and oxygen atoms in total. The molecule has 1 unspecified atom stereocenters. The smallest absolute Gasteiger partial charge is 0.303 e. The standard InChI is InChI=1S/C11H16ClN3O4S/c1-14-11(9(12)6-13-14)20(18,19)15-4-2-3-8(7-15)5-10(16)17/h6,8H,2-5,7H2,1H3,(H,16,17). The first-order valence-electron chi connectivity index (χ1n) is 6.22. The Morgan fingerprint density at radius 1 is 1.60 bits per heavy atom. The quantitative estimate of drug-likeness (QED) is 0.891. The van der Waals surface area contributed by atoms with Gasteiger partial charge in [0.2, 0.25) is 0 Å². The monoisotopic (exact) mass is 321 g/mol. The Balaban J connectivity index is 2.24. The van der Waals surface area contributed by atoms with Crippen molar-refractivity contribution in [2.24, 2.45) is 13.0 Å². The first-order valence-corrected chi connectivity index (χ1v) is 8.03. The second kappa shape index (κ2) is 5.71. The van der Waals surface area contributed by atoms with Crippen molar-refractivity contribution >= 4 is 27.6 Å². The summed E-state index contributed by atoms with van der Waals surface area (Å²) < 4.78 is 27.6. The third-order valence-electron chi connectivity index (χ3n) is 3.37. The first-order chi connectivity index (χ1) is 9.32. The van der Waals surface area contributed by atoms with E-state index in [0.717, 1.165) is 6.42 Å². The number of hydrogen-bond donors (Lipinski definition) is 1. The van der Waals surface area contributed by atoms with E-state index >= 15 is 0 Å². The topological polar surface area (TPSA) is 92.5 Å². The number of sulfonamides is 1. The number of carbonyl (C=O) groups is 1. The van der Waals surface area contributed by atoms with Crippen LogP contribution in [0.2, 0.25) is 5.02 Å². The van der Waals surface area contributed by atoms with Crippen molar-refractivity contribution in [1.82, 2.24) is 14.1 Å². The summed E-state index contributed by atoms with van der Waals surface area (Å²) in [4.78, 5) is 10.8. The van der Waals surface area contributed by atoms with Crippen LogP contribution >= 0.6 is 11.6 Å². The molecule has 1 aromatic heterocycles. The molecule has 1 aliphatic heterocycles. The molecule has 2 rings (SSSR count). The Kier molecular flexibility index (Phi) is 4.36. The first kappa shape index (κ1) is 15.3. The minimum atomic E-state index is -3.74. The molecular formula is C11H16ClN3O4S. The van der Waals surface area contributed by atoms with Crippen LogP contribution in [0.15, 0.2) is 11.2 Å². The van der Waals surface area contributed by atoms with Crippen molar-refractivity contribution in [2.45, 2.75) is 24.3 Å². The maximum absolute atomic E-state index is 12.6. The van der Waals surface area contributed by atoms with Gasteiger partial charge in [0.05, 0.1) is 11.2 Å². The number of aryl methyl sites for hydroxylation is 1. The molecule has 0 radical (unpaired) electrons. The Morgan fingerprint density at radius 3 is 2.85 bits per heavy atom. The highest BCUT2D eigenvalue weighted by Gasteiger charge is 2.34. The number of carboxylic acid groups (broad SMARTS) is 1. The van der Waals surface area contributed by atoms with Gasteiger partial charge in [-0.25, -0.2) is 8.42 Å². The Bertz CT molecular complexity index is 594. The van der Waals surface area contributed by atoms with E-state index in [0.29, 0.717) is 13.0 Å². The van der Waals surface area contributed by atoms with Crippen LogP contribution in [0.25, 0.3) is 0 Å². The number of rotatable bonds is 4. The molecule has 1 N–H and O–H groups in total. The van der Waals surface area contributed by atoms with Crippen LogP contribution in [0, 0.1) is 5.92 Å². The number of nitrogens with zero attached hydrogens (tertiary/aromatic N) is 3. The third kappa shape index (κ3) is 2.97. The van der Waals surface area contributed by atoms with Gasteiger partial charge in [0.15, 0.2) is 5.03 Å². The minimum Gasteiger partial charge on any atom is -0.481 e. The summed E-state index contributed by atoms with van der Waals surface area (Å²) in [5.41, 5.74) is 0. The SMILES string of the molecule is Cn1ncc(Cl)c1S(=O)(=O)N1CCCC(CC(=O)O)C1. The van der Waals surface area contributed by atoms with Crippen LogP contribution in [0.4, 0.5) is 0 Å². The van der Waals surface area contributed by atoms with E-state index in [-0.39, 0.29) is 28.9 Å². The number of carboxylic acids is 1. The lowest BCUT2D eigenvalue weighted by Crippen LogP contribution is -2.41. The fraction of sp³-hybridized carbons (Fsp3) is 0.636. The van der Waals surface area contributed by atoms with Crippen LogP contribution in [0.5, 0.6) is 0 Å². The van der Waals surface area contributed by atoms with Crippen LogP contribution in [-0.4, -0.2) is 46.7 Å². The lowest BCUT2D eigenvalue weighted by atomic mass is 9.96. The van der Waals surface area contributed by atoms with Crippen molar-refractivity contribution in [3.05, 3.63) is 11.2 Å². The van der Waals surface area contributed by atoms with Gasteiger partial charge >= 0.3 is 5.97 Å². The second-order valence-electron chi connectivity index (χ2n) is 4.89. The van der Waals surface area contributed by atoms with E-state index in [4.69, 9.17) is 16.7 Å². The molecule has 1 fully saturated rings. The number of aliphatic carboxylic acids is 1. The highest BCUT2D eigenvalue weighted by atomic mass is 35.5. The van der Waals surface area contributed by atoms with Gasteiger partial charge in [-0.3, -0.25) is 9.48 Å². The highest BCUT2D eigenvalue weighted by molar-refractivity contribution is 7.89. The molecule has 112 valence electrons. The fourth-order valence-electron chi connectivity index (χ4n) is 2.47. The zero-order chi connectivity index (χ0) is 14.9. The average molecular weight is 322 g/mol. The largest absolute Gasteiger partial charge is 0.481 e. The van der Waals surface area contributed by atoms with Gasteiger partial charge < -0.3 is 5.11 Å². The van der Waals surface area contributed by atoms with Crippen LogP contribution in [0.3, 0.4) is 0 Å². The van der Waals surface area contributed by atoms with E-state index in [9.17, 15) is 13.2 Å². The summed E-state index contributed by atoms with van der Waals surface area (Å²) in [6.07, 6.45) is 2.63. The molecular weight excluding hydrogens is 306 g/mol. The predicted octanol–water partition coefficient (Wildman–Crippen LogP) is 0.949. The lowest BCUT2D eigenvalue weighted by Gasteiger charge is -2.31. The molecule has 0 bridgehead atoms. The lowest BCUT2D eigenvalue weighted by molar-refractivity contribution is -0.138. The number of piperidine rings is 1. The van der Waals surface area contributed by atoms with E-state index in [1.807, 2.05) is 0 Å². The predicted molar refractivity (Wildman–Crippen MR) is 72.0 cm³/mol. The number of hydrogen-bond acceptors (Lipinski definition) is 4. The van der Waals surface area contributed by atoms with Gasteiger partial charge in [0, 0.05) is 26.6 Å². The van der Waals surface area contributed by atoms with Gasteiger partial charge in [-0.15, -0.1) is 0 Å². The van der Waals surface area contributed by atoms with Gasteiger partial charge in [-0.2, -0.15) is 9.40 Å². The Hall–Kier alpha value is -1.12. The molecule has 9 heteroatoms. The summed E-state index contributed by atoms with van der Waals surface area (Å²) in [5.74, 6) is -1.07. The summed E-state index contributed by atoms with van der Waals surface area (Å²) in [5, 5.41) is 12.7. The molecule has 1 aliphatic rings. The van der Waals surface area contributed by atoms with Crippen LogP contribution in [-0.2, 0) is 21.9 Å². The summed E-state index contributed by atoms with van der Waals surface area (Å²) in [6.45, 7) is 0.579. The van der Waals surface area contributed by atoms with Crippen molar-refractivity contribution in [3.63, 3.8) is 0 Å². The number of halogens is 1. The normalized spacial score (nSPS) is 21.0. The number of aromatic nitrogens is 2. The molecule has 20 heavy (non-hydrogen) atoms. The molecule has 2 heterocycles. The van der Waals surface area contributed by atoms with E-state index in [1.165, 1.54) is 22.2 Å². The van der Waals surface area contributed by atoms with Gasteiger partial charge in [-0.05, 0) is 18.8 Å². The van der Waals surface area contributed by atoms with Crippen molar-refractivity contribution in [3.8, 4) is 0 Å². The molecule has 1 saturated heterocycles. The molecule has 0 aliphatic carbocycles. The highest BCUT2D eigenvalue weighted by Crippen LogP contribution is 2.28. The molecule has 1 atom stereocenters. The van der Waals surface area contributed by atoms with Crippen molar-refractivity contribution in [1.29, 1.82) is 0 Å². The Labute approximate surface area is 122 Å². The summed E-state index contributed by atoms with van der Waals surface area (Å²) >= 11 is 5.89.